The number of ether oxygens (including phenoxy) is 2. The van der Waals surface area contributed by atoms with Gasteiger partial charge in [0, 0.05) is 69.8 Å². The van der Waals surface area contributed by atoms with Crippen molar-refractivity contribution in [2.75, 3.05) is 64.9 Å². The molecule has 2 aromatic rings. The van der Waals surface area contributed by atoms with E-state index in [0.717, 1.165) is 74.8 Å². The van der Waals surface area contributed by atoms with Gasteiger partial charge in [0.2, 0.25) is 5.95 Å². The van der Waals surface area contributed by atoms with Gasteiger partial charge in [0.25, 0.3) is 0 Å². The van der Waals surface area contributed by atoms with Crippen LogP contribution in [0.1, 0.15) is 12.5 Å². The van der Waals surface area contributed by atoms with Crippen molar-refractivity contribution in [2.45, 2.75) is 13.5 Å². The van der Waals surface area contributed by atoms with E-state index in [9.17, 15) is 0 Å². The number of nitrogens with one attached hydrogen (secondary N) is 2. The number of rotatable bonds is 9. The van der Waals surface area contributed by atoms with Gasteiger partial charge in [-0.15, -0.1) is 0 Å². The fraction of sp³-hybridized carbons (Fsp3) is 0.500. The summed E-state index contributed by atoms with van der Waals surface area (Å²) in [5.74, 6) is 3.17. The molecule has 0 radical (unpaired) electrons. The molecule has 1 saturated heterocycles. The number of anilines is 1. The third kappa shape index (κ3) is 6.71. The summed E-state index contributed by atoms with van der Waals surface area (Å²) in [5.41, 5.74) is 1.01. The van der Waals surface area contributed by atoms with Crippen LogP contribution < -0.4 is 25.0 Å². The van der Waals surface area contributed by atoms with Crippen LogP contribution in [0.3, 0.4) is 0 Å². The van der Waals surface area contributed by atoms with Crippen molar-refractivity contribution in [3.8, 4) is 11.5 Å². The van der Waals surface area contributed by atoms with Crippen molar-refractivity contribution in [2.24, 2.45) is 4.99 Å². The smallest absolute Gasteiger partial charge is 0.225 e. The van der Waals surface area contributed by atoms with Crippen LogP contribution in [0.15, 0.2) is 41.7 Å². The summed E-state index contributed by atoms with van der Waals surface area (Å²) in [6, 6.07) is 7.64. The van der Waals surface area contributed by atoms with Crippen molar-refractivity contribution in [1.29, 1.82) is 0 Å². The van der Waals surface area contributed by atoms with Crippen LogP contribution >= 0.6 is 0 Å². The number of piperazine rings is 1. The molecule has 0 aliphatic carbocycles. The van der Waals surface area contributed by atoms with Gasteiger partial charge in [0.15, 0.2) is 5.96 Å². The lowest BCUT2D eigenvalue weighted by molar-refractivity contribution is 0.260. The fourth-order valence-corrected chi connectivity index (χ4v) is 3.45. The van der Waals surface area contributed by atoms with Crippen molar-refractivity contribution < 1.29 is 9.47 Å². The largest absolute Gasteiger partial charge is 0.497 e. The molecule has 2 heterocycles. The Morgan fingerprint density at radius 2 is 1.84 bits per heavy atom. The monoisotopic (exact) mass is 427 g/mol. The van der Waals surface area contributed by atoms with E-state index < -0.39 is 0 Å². The number of benzene rings is 1. The molecule has 3 rings (SSSR count). The topological polar surface area (TPSA) is 87.1 Å². The lowest BCUT2D eigenvalue weighted by atomic mass is 10.2. The molecule has 0 saturated carbocycles. The molecule has 168 valence electrons. The van der Waals surface area contributed by atoms with Crippen molar-refractivity contribution in [3.63, 3.8) is 0 Å². The molecule has 0 bridgehead atoms. The van der Waals surface area contributed by atoms with Gasteiger partial charge in [-0.1, -0.05) is 0 Å². The quantitative estimate of drug-likeness (QED) is 0.458. The second-order valence-corrected chi connectivity index (χ2v) is 7.18. The van der Waals surface area contributed by atoms with Gasteiger partial charge < -0.3 is 25.0 Å². The van der Waals surface area contributed by atoms with Gasteiger partial charge in [-0.3, -0.25) is 4.90 Å². The summed E-state index contributed by atoms with van der Waals surface area (Å²) >= 11 is 0. The summed E-state index contributed by atoms with van der Waals surface area (Å²) in [6.45, 7) is 9.06. The molecule has 2 N–H and O–H groups in total. The Kier molecular flexibility index (Phi) is 8.71. The number of nitrogens with zero attached hydrogens (tertiary/aromatic N) is 5. The molecule has 0 spiro atoms. The summed E-state index contributed by atoms with van der Waals surface area (Å²) in [7, 11) is 3.31. The van der Waals surface area contributed by atoms with Crippen molar-refractivity contribution >= 4 is 11.9 Å². The minimum atomic E-state index is 0.526. The summed E-state index contributed by atoms with van der Waals surface area (Å²) in [4.78, 5) is 18.1. The van der Waals surface area contributed by atoms with E-state index in [1.165, 1.54) is 0 Å². The average molecular weight is 428 g/mol. The first-order valence-electron chi connectivity index (χ1n) is 10.7. The predicted octanol–water partition coefficient (Wildman–Crippen LogP) is 1.37. The van der Waals surface area contributed by atoms with E-state index in [4.69, 9.17) is 14.5 Å². The fourth-order valence-electron chi connectivity index (χ4n) is 3.45. The SMILES string of the molecule is CCNC(=NCc1ccc(OC)cc1OC)NCCN1CCN(c2ncccn2)CC1. The highest BCUT2D eigenvalue weighted by Gasteiger charge is 2.18. The van der Waals surface area contributed by atoms with Crippen LogP contribution in [0.25, 0.3) is 0 Å². The zero-order chi connectivity index (χ0) is 21.9. The molecule has 1 fully saturated rings. The molecule has 0 unspecified atom stereocenters. The number of hydrogen-bond donors (Lipinski definition) is 2. The van der Waals surface area contributed by atoms with Crippen molar-refractivity contribution in [1.82, 2.24) is 25.5 Å². The van der Waals surface area contributed by atoms with Crippen LogP contribution in [0, 0.1) is 0 Å². The first-order valence-corrected chi connectivity index (χ1v) is 10.7. The van der Waals surface area contributed by atoms with Crippen molar-refractivity contribution in [3.05, 3.63) is 42.2 Å². The van der Waals surface area contributed by atoms with E-state index in [0.29, 0.717) is 6.54 Å². The normalized spacial score (nSPS) is 14.9. The molecule has 0 atom stereocenters. The maximum absolute atomic E-state index is 5.47. The Hall–Kier alpha value is -3.07. The molecule has 1 aromatic carbocycles. The van der Waals surface area contributed by atoms with Gasteiger partial charge in [-0.05, 0) is 25.1 Å². The molecule has 9 nitrogen and oxygen atoms in total. The van der Waals surface area contributed by atoms with E-state index >= 15 is 0 Å². The predicted molar refractivity (Wildman–Crippen MR) is 123 cm³/mol. The highest BCUT2D eigenvalue weighted by molar-refractivity contribution is 5.79. The third-order valence-electron chi connectivity index (χ3n) is 5.17. The Bertz CT molecular complexity index is 824. The average Bonchev–Trinajstić information content (AvgIpc) is 2.83. The minimum absolute atomic E-state index is 0.526. The van der Waals surface area contributed by atoms with E-state index in [1.54, 1.807) is 26.6 Å². The van der Waals surface area contributed by atoms with E-state index in [1.807, 2.05) is 24.3 Å². The Labute approximate surface area is 184 Å². The highest BCUT2D eigenvalue weighted by atomic mass is 16.5. The maximum Gasteiger partial charge on any atom is 0.225 e. The van der Waals surface area contributed by atoms with Gasteiger partial charge >= 0.3 is 0 Å². The standard InChI is InChI=1S/C22H33N7O2/c1-4-23-21(27-17-18-6-7-19(30-2)16-20(18)31-3)24-10-11-28-12-14-29(15-13-28)22-25-8-5-9-26-22/h5-9,16H,4,10-15,17H2,1-3H3,(H2,23,24,27). The zero-order valence-corrected chi connectivity index (χ0v) is 18.7. The minimum Gasteiger partial charge on any atom is -0.497 e. The molecular formula is C22H33N7O2. The molecule has 1 aliphatic rings. The molecule has 1 aliphatic heterocycles. The molecule has 31 heavy (non-hydrogen) atoms. The first-order chi connectivity index (χ1) is 15.2. The first kappa shape index (κ1) is 22.6. The Morgan fingerprint density at radius 3 is 2.52 bits per heavy atom. The molecule has 9 heteroatoms. The number of guanidine groups is 1. The lowest BCUT2D eigenvalue weighted by Crippen LogP contribution is -2.49. The second-order valence-electron chi connectivity index (χ2n) is 7.18. The lowest BCUT2D eigenvalue weighted by Gasteiger charge is -2.34. The summed E-state index contributed by atoms with van der Waals surface area (Å²) in [6.07, 6.45) is 3.59. The zero-order valence-electron chi connectivity index (χ0n) is 18.7. The Balaban J connectivity index is 1.46. The van der Waals surface area contributed by atoms with Crippen LogP contribution in [0.4, 0.5) is 5.95 Å². The van der Waals surface area contributed by atoms with Crippen LogP contribution in [-0.4, -0.2) is 80.9 Å². The van der Waals surface area contributed by atoms with Crippen LogP contribution in [0.2, 0.25) is 0 Å². The van der Waals surface area contributed by atoms with Gasteiger partial charge in [-0.25, -0.2) is 15.0 Å². The molecular weight excluding hydrogens is 394 g/mol. The summed E-state index contributed by atoms with van der Waals surface area (Å²) in [5, 5.41) is 6.74. The van der Waals surface area contributed by atoms with Crippen LogP contribution in [-0.2, 0) is 6.54 Å². The number of aromatic nitrogens is 2. The van der Waals surface area contributed by atoms with Gasteiger partial charge in [-0.2, -0.15) is 0 Å². The second kappa shape index (κ2) is 11.9. The van der Waals surface area contributed by atoms with E-state index in [-0.39, 0.29) is 0 Å². The molecule has 1 aromatic heterocycles. The van der Waals surface area contributed by atoms with E-state index in [2.05, 4.69) is 37.3 Å². The number of aliphatic imine (C=N–C) groups is 1. The van der Waals surface area contributed by atoms with Gasteiger partial charge in [0.1, 0.15) is 11.5 Å². The highest BCUT2D eigenvalue weighted by Crippen LogP contribution is 2.25. The summed E-state index contributed by atoms with van der Waals surface area (Å²) < 4.78 is 10.7. The number of hydrogen-bond acceptors (Lipinski definition) is 7. The van der Waals surface area contributed by atoms with Crippen LogP contribution in [0.5, 0.6) is 11.5 Å². The third-order valence-corrected chi connectivity index (χ3v) is 5.17. The van der Waals surface area contributed by atoms with Gasteiger partial charge in [0.05, 0.1) is 20.8 Å². The Morgan fingerprint density at radius 1 is 1.06 bits per heavy atom. The molecule has 0 amide bonds. The maximum atomic E-state index is 5.47. The number of methoxy groups -OCH3 is 2.